The first-order chi connectivity index (χ1) is 17.8. The Hall–Kier alpha value is -3.83. The number of fused-ring (bicyclic) bond motifs is 2. The molecule has 2 amide bonds. The largest absolute Gasteiger partial charge is 0.454 e. The van der Waals surface area contributed by atoms with E-state index in [1.54, 1.807) is 32.3 Å². The van der Waals surface area contributed by atoms with Crippen LogP contribution in [-0.4, -0.2) is 65.6 Å². The Morgan fingerprint density at radius 2 is 1.32 bits per heavy atom. The van der Waals surface area contributed by atoms with E-state index in [-0.39, 0.29) is 25.4 Å². The molecule has 2 aromatic carbocycles. The number of aldehydes is 1. The number of rotatable bonds is 2. The summed E-state index contributed by atoms with van der Waals surface area (Å²) in [6.07, 6.45) is 4.53. The van der Waals surface area contributed by atoms with Crippen LogP contribution >= 0.6 is 24.4 Å². The SMILES string of the molecule is CN1C(=O)/C(=C/c2ccc3c(c2)OCO3)CC1=S.CN1C(=O)CCC1=S.O=Cc1ccc2c(c1)OCO2. The van der Waals surface area contributed by atoms with Crippen LogP contribution in [0.5, 0.6) is 23.0 Å². The van der Waals surface area contributed by atoms with Crippen molar-refractivity contribution in [2.24, 2.45) is 0 Å². The van der Waals surface area contributed by atoms with Gasteiger partial charge in [0.05, 0.1) is 9.98 Å². The van der Waals surface area contributed by atoms with Crippen molar-refractivity contribution in [1.82, 2.24) is 9.80 Å². The fraction of sp³-hybridized carbons (Fsp3) is 0.269. The van der Waals surface area contributed by atoms with Crippen LogP contribution in [0.25, 0.3) is 6.08 Å². The Kier molecular flexibility index (Phi) is 8.14. The third kappa shape index (κ3) is 6.12. The highest BCUT2D eigenvalue weighted by molar-refractivity contribution is 7.80. The van der Waals surface area contributed by atoms with E-state index < -0.39 is 0 Å². The van der Waals surface area contributed by atoms with Crippen molar-refractivity contribution in [3.63, 3.8) is 0 Å². The number of amides is 2. The minimum atomic E-state index is -0.0299. The quantitative estimate of drug-likeness (QED) is 0.320. The minimum Gasteiger partial charge on any atom is -0.454 e. The molecule has 0 N–H and O–H groups in total. The van der Waals surface area contributed by atoms with Gasteiger partial charge >= 0.3 is 0 Å². The van der Waals surface area contributed by atoms with Gasteiger partial charge in [0.15, 0.2) is 23.0 Å². The number of carbonyl (C=O) groups excluding carboxylic acids is 3. The maximum atomic E-state index is 11.9. The predicted molar refractivity (Wildman–Crippen MR) is 143 cm³/mol. The van der Waals surface area contributed by atoms with Crippen LogP contribution < -0.4 is 18.9 Å². The number of thiocarbonyl (C=S) groups is 2. The molecule has 0 saturated carbocycles. The molecule has 0 spiro atoms. The monoisotopic (exact) mass is 540 g/mol. The van der Waals surface area contributed by atoms with Crippen LogP contribution in [0.3, 0.4) is 0 Å². The maximum absolute atomic E-state index is 11.9. The second-order valence-corrected chi connectivity index (χ2v) is 9.24. The van der Waals surface area contributed by atoms with E-state index in [1.165, 1.54) is 9.80 Å². The summed E-state index contributed by atoms with van der Waals surface area (Å²) in [5.41, 5.74) is 2.23. The Balaban J connectivity index is 0.000000143. The first kappa shape index (κ1) is 26.2. The molecule has 2 fully saturated rings. The smallest absolute Gasteiger partial charge is 0.254 e. The summed E-state index contributed by atoms with van der Waals surface area (Å²) in [5, 5.41) is 0. The molecule has 2 aromatic rings. The highest BCUT2D eigenvalue weighted by atomic mass is 32.1. The van der Waals surface area contributed by atoms with Crippen LogP contribution in [0, 0.1) is 0 Å². The molecule has 0 aliphatic carbocycles. The Morgan fingerprint density at radius 1 is 0.757 bits per heavy atom. The Morgan fingerprint density at radius 3 is 1.78 bits per heavy atom. The molecule has 4 aliphatic heterocycles. The summed E-state index contributed by atoms with van der Waals surface area (Å²) >= 11 is 9.93. The second kappa shape index (κ2) is 11.5. The summed E-state index contributed by atoms with van der Waals surface area (Å²) in [5.74, 6) is 2.92. The van der Waals surface area contributed by atoms with Crippen molar-refractivity contribution >= 4 is 58.6 Å². The van der Waals surface area contributed by atoms with Crippen molar-refractivity contribution in [3.8, 4) is 23.0 Å². The lowest BCUT2D eigenvalue weighted by molar-refractivity contribution is -0.124. The summed E-state index contributed by atoms with van der Waals surface area (Å²) in [7, 11) is 3.42. The van der Waals surface area contributed by atoms with Gasteiger partial charge in [0.25, 0.3) is 5.91 Å². The fourth-order valence-corrected chi connectivity index (χ4v) is 4.12. The minimum absolute atomic E-state index is 0.0299. The van der Waals surface area contributed by atoms with Crippen molar-refractivity contribution in [1.29, 1.82) is 0 Å². The molecular formula is C26H24N2O7S2. The molecule has 2 saturated heterocycles. The van der Waals surface area contributed by atoms with Crippen molar-refractivity contribution in [3.05, 3.63) is 53.1 Å². The average Bonchev–Trinajstić information content (AvgIpc) is 3.68. The third-order valence-corrected chi connectivity index (χ3v) is 6.76. The lowest BCUT2D eigenvalue weighted by atomic mass is 10.1. The van der Waals surface area contributed by atoms with Crippen molar-refractivity contribution in [2.45, 2.75) is 19.3 Å². The zero-order valence-corrected chi connectivity index (χ0v) is 21.9. The van der Waals surface area contributed by atoms with Crippen LogP contribution in [0.4, 0.5) is 0 Å². The molecule has 9 nitrogen and oxygen atoms in total. The molecule has 0 bridgehead atoms. The molecule has 4 aliphatic rings. The number of likely N-dealkylation sites (N-methyl/N-ethyl adjacent to an activating group) is 1. The number of nitrogens with zero attached hydrogens (tertiary/aromatic N) is 2. The topological polar surface area (TPSA) is 94.6 Å². The lowest BCUT2D eigenvalue weighted by Crippen LogP contribution is -2.22. The van der Waals surface area contributed by atoms with Gasteiger partial charge in [-0.1, -0.05) is 30.5 Å². The van der Waals surface area contributed by atoms with Crippen LogP contribution in [0.15, 0.2) is 42.0 Å². The summed E-state index contributed by atoms with van der Waals surface area (Å²) < 4.78 is 20.7. The van der Waals surface area contributed by atoms with Gasteiger partial charge in [-0.15, -0.1) is 0 Å². The lowest BCUT2D eigenvalue weighted by Gasteiger charge is -2.05. The van der Waals surface area contributed by atoms with Crippen molar-refractivity contribution < 1.29 is 33.3 Å². The van der Waals surface area contributed by atoms with E-state index in [4.69, 9.17) is 43.4 Å². The standard InChI is InChI=1S/C13H11NO3S.C8H6O3.C5H7NOS/c1-14-12(18)6-9(13(14)15)4-8-2-3-10-11(5-8)17-7-16-10;9-4-6-1-2-7-8(3-6)11-5-10-7;1-6-4(7)2-3-5(6)8/h2-5H,6-7H2,1H3;1-4H,5H2;2-3H2,1H3/b9-4+;;. The molecule has 37 heavy (non-hydrogen) atoms. The first-order valence-corrected chi connectivity index (χ1v) is 12.1. The molecule has 192 valence electrons. The van der Waals surface area contributed by atoms with Gasteiger partial charge in [-0.3, -0.25) is 14.4 Å². The van der Waals surface area contributed by atoms with E-state index in [0.717, 1.165) is 29.0 Å². The van der Waals surface area contributed by atoms with Crippen LogP contribution in [0.1, 0.15) is 35.2 Å². The summed E-state index contributed by atoms with van der Waals surface area (Å²) in [6.45, 7) is 0.499. The Labute approximate surface area is 224 Å². The van der Waals surface area contributed by atoms with E-state index in [0.29, 0.717) is 46.2 Å². The van der Waals surface area contributed by atoms with Crippen LogP contribution in [-0.2, 0) is 9.59 Å². The fourth-order valence-electron chi connectivity index (χ4n) is 3.68. The number of likely N-dealkylation sites (tertiary alicyclic amines) is 2. The summed E-state index contributed by atoms with van der Waals surface area (Å²) in [4.78, 5) is 37.3. The normalized spacial score (nSPS) is 18.1. The van der Waals surface area contributed by atoms with Crippen molar-refractivity contribution in [2.75, 3.05) is 27.7 Å². The van der Waals surface area contributed by atoms with Gasteiger partial charge < -0.3 is 28.7 Å². The average molecular weight is 541 g/mol. The highest BCUT2D eigenvalue weighted by Crippen LogP contribution is 2.34. The van der Waals surface area contributed by atoms with Gasteiger partial charge in [0.1, 0.15) is 6.29 Å². The second-order valence-electron chi connectivity index (χ2n) is 8.29. The van der Waals surface area contributed by atoms with Gasteiger partial charge in [-0.05, 0) is 42.0 Å². The molecule has 0 unspecified atom stereocenters. The van der Waals surface area contributed by atoms with E-state index in [1.807, 2.05) is 24.3 Å². The van der Waals surface area contributed by atoms with Gasteiger partial charge in [0, 0.05) is 44.5 Å². The first-order valence-electron chi connectivity index (χ1n) is 11.3. The molecule has 0 aromatic heterocycles. The zero-order valence-electron chi connectivity index (χ0n) is 20.2. The number of benzene rings is 2. The number of hydrogen-bond donors (Lipinski definition) is 0. The van der Waals surface area contributed by atoms with E-state index in [2.05, 4.69) is 0 Å². The zero-order chi connectivity index (χ0) is 26.5. The number of hydrogen-bond acceptors (Lipinski definition) is 9. The third-order valence-electron chi connectivity index (χ3n) is 5.87. The molecule has 4 heterocycles. The number of carbonyl (C=O) groups is 3. The number of ether oxygens (including phenoxy) is 4. The van der Waals surface area contributed by atoms with E-state index >= 15 is 0 Å². The van der Waals surface area contributed by atoms with E-state index in [9.17, 15) is 14.4 Å². The molecule has 0 atom stereocenters. The van der Waals surface area contributed by atoms with Gasteiger partial charge in [-0.2, -0.15) is 0 Å². The highest BCUT2D eigenvalue weighted by Gasteiger charge is 2.27. The van der Waals surface area contributed by atoms with Gasteiger partial charge in [0.2, 0.25) is 19.5 Å². The maximum Gasteiger partial charge on any atom is 0.254 e. The van der Waals surface area contributed by atoms with Crippen LogP contribution in [0.2, 0.25) is 0 Å². The van der Waals surface area contributed by atoms with Gasteiger partial charge in [-0.25, -0.2) is 0 Å². The molecular weight excluding hydrogens is 516 g/mol. The Bertz CT molecular complexity index is 1290. The molecule has 0 radical (unpaired) electrons. The summed E-state index contributed by atoms with van der Waals surface area (Å²) in [6, 6.07) is 10.7. The predicted octanol–water partition coefficient (Wildman–Crippen LogP) is 3.78. The molecule has 11 heteroatoms. The molecule has 6 rings (SSSR count).